The summed E-state index contributed by atoms with van der Waals surface area (Å²) < 4.78 is 28.9. The summed E-state index contributed by atoms with van der Waals surface area (Å²) in [5.74, 6) is 0.366. The minimum absolute atomic E-state index is 0.0813. The number of rotatable bonds is 7. The van der Waals surface area contributed by atoms with Crippen LogP contribution in [0.3, 0.4) is 0 Å². The predicted octanol–water partition coefficient (Wildman–Crippen LogP) is 4.41. The highest BCUT2D eigenvalue weighted by atomic mass is 32.2. The lowest BCUT2D eigenvalue weighted by atomic mass is 9.70. The Bertz CT molecular complexity index is 944. The van der Waals surface area contributed by atoms with Gasteiger partial charge in [0.2, 0.25) is 10.0 Å². The van der Waals surface area contributed by atoms with Gasteiger partial charge in [-0.1, -0.05) is 74.5 Å². The van der Waals surface area contributed by atoms with Gasteiger partial charge in [-0.3, -0.25) is 4.79 Å². The standard InChI is InChI=1S/C24H29NO3S/c1-23(2)21-13-14-24(23,22(26)15-21)18-29(27,28)25(16-19-9-5-3-6-10-19)17-20-11-7-4-8-12-20/h3-12,21H,13-18H2,1-2H3/t21-,24+/m0/s1. The average Bonchev–Trinajstić information content (AvgIpc) is 3.03. The third-order valence-corrected chi connectivity index (χ3v) is 9.27. The van der Waals surface area contributed by atoms with Gasteiger partial charge in [0, 0.05) is 24.9 Å². The van der Waals surface area contributed by atoms with E-state index < -0.39 is 15.4 Å². The third kappa shape index (κ3) is 3.55. The molecule has 2 atom stereocenters. The smallest absolute Gasteiger partial charge is 0.215 e. The molecule has 0 amide bonds. The van der Waals surface area contributed by atoms with Crippen LogP contribution in [-0.4, -0.2) is 24.3 Å². The molecule has 0 radical (unpaired) electrons. The molecule has 2 fully saturated rings. The van der Waals surface area contributed by atoms with Gasteiger partial charge >= 0.3 is 0 Å². The highest BCUT2D eigenvalue weighted by molar-refractivity contribution is 7.89. The van der Waals surface area contributed by atoms with E-state index in [2.05, 4.69) is 13.8 Å². The largest absolute Gasteiger partial charge is 0.299 e. The van der Waals surface area contributed by atoms with Crippen LogP contribution in [0.15, 0.2) is 60.7 Å². The van der Waals surface area contributed by atoms with E-state index in [1.165, 1.54) is 0 Å². The fraction of sp³-hybridized carbons (Fsp3) is 0.458. The summed E-state index contributed by atoms with van der Waals surface area (Å²) in [5, 5.41) is 0. The highest BCUT2D eigenvalue weighted by Crippen LogP contribution is 2.64. The molecule has 2 bridgehead atoms. The third-order valence-electron chi connectivity index (χ3n) is 7.36. The lowest BCUT2D eigenvalue weighted by Crippen LogP contribution is -2.46. The molecular formula is C24H29NO3S. The molecule has 2 aliphatic carbocycles. The molecule has 4 nitrogen and oxygen atoms in total. The number of benzene rings is 2. The first-order valence-electron chi connectivity index (χ1n) is 10.3. The minimum atomic E-state index is -3.64. The van der Waals surface area contributed by atoms with E-state index in [9.17, 15) is 13.2 Å². The molecule has 0 aliphatic heterocycles. The van der Waals surface area contributed by atoms with Crippen molar-refractivity contribution in [3.63, 3.8) is 0 Å². The summed E-state index contributed by atoms with van der Waals surface area (Å²) >= 11 is 0. The second-order valence-corrected chi connectivity index (χ2v) is 11.1. The van der Waals surface area contributed by atoms with Gasteiger partial charge in [-0.15, -0.1) is 0 Å². The first kappa shape index (κ1) is 20.3. The topological polar surface area (TPSA) is 54.5 Å². The van der Waals surface area contributed by atoms with Crippen molar-refractivity contribution in [1.29, 1.82) is 0 Å². The van der Waals surface area contributed by atoms with Crippen molar-refractivity contribution in [2.75, 3.05) is 5.75 Å². The van der Waals surface area contributed by atoms with Crippen molar-refractivity contribution < 1.29 is 13.2 Å². The number of nitrogens with zero attached hydrogens (tertiary/aromatic N) is 1. The average molecular weight is 412 g/mol. The molecule has 154 valence electrons. The number of sulfonamides is 1. The predicted molar refractivity (Wildman–Crippen MR) is 114 cm³/mol. The number of carbonyl (C=O) groups is 1. The lowest BCUT2D eigenvalue weighted by molar-refractivity contribution is -0.128. The van der Waals surface area contributed by atoms with Gasteiger partial charge in [0.05, 0.1) is 5.75 Å². The van der Waals surface area contributed by atoms with E-state index in [0.29, 0.717) is 31.8 Å². The van der Waals surface area contributed by atoms with Gasteiger partial charge in [0.25, 0.3) is 0 Å². The van der Waals surface area contributed by atoms with Gasteiger partial charge < -0.3 is 0 Å². The van der Waals surface area contributed by atoms with Gasteiger partial charge in [-0.2, -0.15) is 4.31 Å². The number of ketones is 1. The van der Waals surface area contributed by atoms with Crippen molar-refractivity contribution in [2.24, 2.45) is 16.7 Å². The molecule has 2 aromatic rings. The monoisotopic (exact) mass is 411 g/mol. The number of hydrogen-bond acceptors (Lipinski definition) is 3. The van der Waals surface area contributed by atoms with Gasteiger partial charge in [-0.25, -0.2) is 8.42 Å². The molecule has 2 saturated carbocycles. The Kier molecular flexibility index (Phi) is 5.16. The molecule has 2 aromatic carbocycles. The summed E-state index contributed by atoms with van der Waals surface area (Å²) in [4.78, 5) is 12.9. The molecule has 0 saturated heterocycles. The normalized spacial score (nSPS) is 25.6. The molecule has 0 spiro atoms. The summed E-state index contributed by atoms with van der Waals surface area (Å²) in [5.41, 5.74) is 0.890. The highest BCUT2D eigenvalue weighted by Gasteiger charge is 2.65. The van der Waals surface area contributed by atoms with Crippen LogP contribution in [-0.2, 0) is 27.9 Å². The van der Waals surface area contributed by atoms with Gasteiger partial charge in [-0.05, 0) is 35.3 Å². The summed E-state index contributed by atoms with van der Waals surface area (Å²) in [6.07, 6.45) is 2.17. The molecule has 0 heterocycles. The van der Waals surface area contributed by atoms with Crippen LogP contribution in [0.1, 0.15) is 44.2 Å². The Labute approximate surface area is 174 Å². The van der Waals surface area contributed by atoms with E-state index in [4.69, 9.17) is 0 Å². The molecular weight excluding hydrogens is 382 g/mol. The molecule has 0 N–H and O–H groups in total. The van der Waals surface area contributed by atoms with E-state index in [1.54, 1.807) is 4.31 Å². The maximum absolute atomic E-state index is 13.7. The molecule has 29 heavy (non-hydrogen) atoms. The molecule has 5 heteroatoms. The molecule has 4 rings (SSSR count). The van der Waals surface area contributed by atoms with Gasteiger partial charge in [0.15, 0.2) is 0 Å². The second kappa shape index (κ2) is 7.37. The quantitative estimate of drug-likeness (QED) is 0.678. The Morgan fingerprint density at radius 2 is 1.45 bits per heavy atom. The maximum Gasteiger partial charge on any atom is 0.215 e. The van der Waals surface area contributed by atoms with Crippen LogP contribution in [0.25, 0.3) is 0 Å². The number of fused-ring (bicyclic) bond motifs is 2. The van der Waals surface area contributed by atoms with Crippen molar-refractivity contribution in [2.45, 2.75) is 46.2 Å². The Balaban J connectivity index is 1.66. The van der Waals surface area contributed by atoms with E-state index in [0.717, 1.165) is 17.5 Å². The Morgan fingerprint density at radius 1 is 0.931 bits per heavy atom. The van der Waals surface area contributed by atoms with Crippen molar-refractivity contribution >= 4 is 15.8 Å². The number of Topliss-reactive ketones (excluding diaryl/α,β-unsaturated/α-hetero) is 1. The van der Waals surface area contributed by atoms with Crippen LogP contribution >= 0.6 is 0 Å². The van der Waals surface area contributed by atoms with Gasteiger partial charge in [0.1, 0.15) is 5.78 Å². The van der Waals surface area contributed by atoms with Crippen molar-refractivity contribution in [1.82, 2.24) is 4.31 Å². The fourth-order valence-corrected chi connectivity index (χ4v) is 7.51. The Morgan fingerprint density at radius 3 is 1.86 bits per heavy atom. The van der Waals surface area contributed by atoms with E-state index in [-0.39, 0.29) is 17.0 Å². The first-order chi connectivity index (χ1) is 13.7. The van der Waals surface area contributed by atoms with E-state index >= 15 is 0 Å². The van der Waals surface area contributed by atoms with Crippen LogP contribution < -0.4 is 0 Å². The van der Waals surface area contributed by atoms with Crippen molar-refractivity contribution in [3.8, 4) is 0 Å². The van der Waals surface area contributed by atoms with E-state index in [1.807, 2.05) is 60.7 Å². The van der Waals surface area contributed by atoms with Crippen LogP contribution in [0, 0.1) is 16.7 Å². The first-order valence-corrected chi connectivity index (χ1v) is 11.9. The van der Waals surface area contributed by atoms with Crippen molar-refractivity contribution in [3.05, 3.63) is 71.8 Å². The zero-order valence-electron chi connectivity index (χ0n) is 17.2. The zero-order valence-corrected chi connectivity index (χ0v) is 18.0. The maximum atomic E-state index is 13.7. The van der Waals surface area contributed by atoms with Crippen LogP contribution in [0.2, 0.25) is 0 Å². The number of hydrogen-bond donors (Lipinski definition) is 0. The minimum Gasteiger partial charge on any atom is -0.299 e. The molecule has 0 unspecified atom stereocenters. The fourth-order valence-electron chi connectivity index (χ4n) is 5.34. The van der Waals surface area contributed by atoms with Crippen LogP contribution in [0.4, 0.5) is 0 Å². The lowest BCUT2D eigenvalue weighted by Gasteiger charge is -2.37. The zero-order chi connectivity index (χ0) is 20.7. The number of carbonyl (C=O) groups excluding carboxylic acids is 1. The molecule has 2 aliphatic rings. The summed E-state index contributed by atoms with van der Waals surface area (Å²) in [7, 11) is -3.64. The molecule has 0 aromatic heterocycles. The summed E-state index contributed by atoms with van der Waals surface area (Å²) in [6.45, 7) is 4.80. The van der Waals surface area contributed by atoms with Crippen LogP contribution in [0.5, 0.6) is 0 Å². The summed E-state index contributed by atoms with van der Waals surface area (Å²) in [6, 6.07) is 19.3. The Hall–Kier alpha value is -1.98. The SMILES string of the molecule is CC1(C)[C@H]2CC[C@@]1(CS(=O)(=O)N(Cc1ccccc1)Cc1ccccc1)C(=O)C2. The second-order valence-electron chi connectivity index (χ2n) is 9.16.